The van der Waals surface area contributed by atoms with E-state index in [0.717, 1.165) is 17.6 Å². The van der Waals surface area contributed by atoms with Crippen molar-refractivity contribution in [3.05, 3.63) is 47.9 Å². The molecule has 0 atom stereocenters. The molecule has 2 fully saturated rings. The van der Waals surface area contributed by atoms with E-state index in [4.69, 9.17) is 9.39 Å². The van der Waals surface area contributed by atoms with E-state index in [1.54, 1.807) is 0 Å². The van der Waals surface area contributed by atoms with Gasteiger partial charge in [0.25, 0.3) is 5.95 Å². The lowest BCUT2D eigenvalue weighted by molar-refractivity contribution is 0.0907. The number of ether oxygens (including phenoxy) is 1. The van der Waals surface area contributed by atoms with E-state index in [1.165, 1.54) is 56.9 Å². The van der Waals surface area contributed by atoms with E-state index >= 15 is 0 Å². The molecule has 0 saturated heterocycles. The number of allylic oxidation sites excluding steroid dienone is 1. The monoisotopic (exact) mass is 312 g/mol. The molecular formula is C20H29BO2. The maximum absolute atomic E-state index is 6.43. The Morgan fingerprint density at radius 1 is 1.00 bits per heavy atom. The van der Waals surface area contributed by atoms with E-state index in [1.807, 2.05) is 19.1 Å². The second-order valence-corrected chi connectivity index (χ2v) is 7.05. The van der Waals surface area contributed by atoms with E-state index < -0.39 is 0 Å². The largest absolute Gasteiger partial charge is 0.536 e. The highest BCUT2D eigenvalue weighted by Crippen LogP contribution is 2.44. The highest BCUT2D eigenvalue weighted by atomic mass is 16.7. The van der Waals surface area contributed by atoms with Crippen molar-refractivity contribution in [2.75, 3.05) is 0 Å². The summed E-state index contributed by atoms with van der Waals surface area (Å²) >= 11 is 0. The first-order chi connectivity index (χ1) is 11.4. The molecule has 2 saturated carbocycles. The van der Waals surface area contributed by atoms with Gasteiger partial charge in [-0.15, -0.1) is 0 Å². The molecule has 0 heterocycles. The fraction of sp³-hybridized carbons (Fsp3) is 0.600. The van der Waals surface area contributed by atoms with Crippen LogP contribution >= 0.6 is 0 Å². The molecule has 0 radical (unpaired) electrons. The first kappa shape index (κ1) is 16.5. The molecule has 0 spiro atoms. The number of benzene rings is 1. The Morgan fingerprint density at radius 3 is 2.09 bits per heavy atom. The van der Waals surface area contributed by atoms with Gasteiger partial charge in [-0.2, -0.15) is 0 Å². The topological polar surface area (TPSA) is 18.5 Å². The van der Waals surface area contributed by atoms with Crippen LogP contribution in [0.5, 0.6) is 0 Å². The molecule has 0 unspecified atom stereocenters. The molecule has 0 amide bonds. The fourth-order valence-electron chi connectivity index (χ4n) is 4.20. The smallest absolute Gasteiger partial charge is 0.368 e. The standard InChI is InChI=1S/C20H29BO2/c1-2-20(22-16-17-10-4-3-5-11-17)23-21(18-12-6-7-13-18)19-14-8-9-15-19/h2-5,10-11,18-19H,6-9,12-16H2,1H3/b20-2+. The van der Waals surface area contributed by atoms with Crippen molar-refractivity contribution < 1.29 is 9.39 Å². The number of hydrogen-bond acceptors (Lipinski definition) is 2. The van der Waals surface area contributed by atoms with Gasteiger partial charge >= 0.3 is 6.92 Å². The van der Waals surface area contributed by atoms with Gasteiger partial charge in [0.1, 0.15) is 6.61 Å². The van der Waals surface area contributed by atoms with E-state index in [0.29, 0.717) is 13.5 Å². The van der Waals surface area contributed by atoms with Crippen LogP contribution in [0.4, 0.5) is 0 Å². The molecule has 2 nitrogen and oxygen atoms in total. The quantitative estimate of drug-likeness (QED) is 0.457. The lowest BCUT2D eigenvalue weighted by atomic mass is 9.46. The summed E-state index contributed by atoms with van der Waals surface area (Å²) in [4.78, 5) is 0. The zero-order valence-corrected chi connectivity index (χ0v) is 14.4. The van der Waals surface area contributed by atoms with Gasteiger partial charge in [0.2, 0.25) is 0 Å². The summed E-state index contributed by atoms with van der Waals surface area (Å²) in [5.74, 6) is 2.18. The summed E-state index contributed by atoms with van der Waals surface area (Å²) in [5, 5.41) is 0. The van der Waals surface area contributed by atoms with Crippen molar-refractivity contribution in [2.24, 2.45) is 0 Å². The summed E-state index contributed by atoms with van der Waals surface area (Å²) in [7, 11) is 0. The Morgan fingerprint density at radius 2 is 1.57 bits per heavy atom. The zero-order chi connectivity index (χ0) is 15.9. The Labute approximate surface area is 141 Å². The van der Waals surface area contributed by atoms with Gasteiger partial charge in [0, 0.05) is 0 Å². The van der Waals surface area contributed by atoms with Crippen LogP contribution in [0.15, 0.2) is 42.4 Å². The molecule has 2 aliphatic rings. The van der Waals surface area contributed by atoms with Gasteiger partial charge in [-0.05, 0) is 30.2 Å². The third-order valence-electron chi connectivity index (χ3n) is 5.44. The van der Waals surface area contributed by atoms with E-state index in [-0.39, 0.29) is 0 Å². The molecule has 0 N–H and O–H groups in total. The maximum atomic E-state index is 6.43. The molecule has 0 bridgehead atoms. The van der Waals surface area contributed by atoms with Crippen molar-refractivity contribution in [3.8, 4) is 0 Å². The van der Waals surface area contributed by atoms with Crippen LogP contribution < -0.4 is 0 Å². The number of rotatable bonds is 7. The Bertz CT molecular complexity index is 472. The third kappa shape index (κ3) is 4.56. The molecule has 2 aliphatic carbocycles. The van der Waals surface area contributed by atoms with Crippen LogP contribution in [-0.2, 0) is 16.0 Å². The third-order valence-corrected chi connectivity index (χ3v) is 5.44. The summed E-state index contributed by atoms with van der Waals surface area (Å²) in [6.07, 6.45) is 12.8. The molecule has 3 heteroatoms. The summed E-state index contributed by atoms with van der Waals surface area (Å²) in [6.45, 7) is 2.96. The van der Waals surface area contributed by atoms with E-state index in [2.05, 4.69) is 24.3 Å². The average molecular weight is 312 g/mol. The van der Waals surface area contributed by atoms with Crippen LogP contribution in [0.1, 0.15) is 63.9 Å². The molecule has 1 aromatic carbocycles. The van der Waals surface area contributed by atoms with Crippen LogP contribution in [0.3, 0.4) is 0 Å². The molecule has 3 rings (SSSR count). The summed E-state index contributed by atoms with van der Waals surface area (Å²) in [5.41, 5.74) is 1.19. The van der Waals surface area contributed by atoms with Gasteiger partial charge < -0.3 is 9.39 Å². The second kappa shape index (κ2) is 8.47. The van der Waals surface area contributed by atoms with Crippen LogP contribution in [0.25, 0.3) is 0 Å². The molecule has 1 aromatic rings. The Balaban J connectivity index is 1.60. The summed E-state index contributed by atoms with van der Waals surface area (Å²) in [6, 6.07) is 10.3. The predicted octanol–water partition coefficient (Wildman–Crippen LogP) is 5.96. The molecule has 0 aliphatic heterocycles. The zero-order valence-electron chi connectivity index (χ0n) is 14.4. The first-order valence-electron chi connectivity index (χ1n) is 9.36. The highest BCUT2D eigenvalue weighted by molar-refractivity contribution is 6.55. The van der Waals surface area contributed by atoms with Crippen molar-refractivity contribution in [2.45, 2.75) is 76.5 Å². The lowest BCUT2D eigenvalue weighted by Gasteiger charge is -2.27. The average Bonchev–Trinajstić information content (AvgIpc) is 3.30. The Hall–Kier alpha value is -1.38. The van der Waals surface area contributed by atoms with Gasteiger partial charge in [-0.3, -0.25) is 0 Å². The normalized spacial score (nSPS) is 20.0. The predicted molar refractivity (Wildman–Crippen MR) is 96.3 cm³/mol. The molecule has 124 valence electrons. The van der Waals surface area contributed by atoms with Crippen molar-refractivity contribution in [3.63, 3.8) is 0 Å². The second-order valence-electron chi connectivity index (χ2n) is 7.05. The van der Waals surface area contributed by atoms with Crippen molar-refractivity contribution in [1.29, 1.82) is 0 Å². The van der Waals surface area contributed by atoms with Gasteiger partial charge in [0.05, 0.1) is 0 Å². The van der Waals surface area contributed by atoms with Crippen molar-refractivity contribution in [1.82, 2.24) is 0 Å². The van der Waals surface area contributed by atoms with E-state index in [9.17, 15) is 0 Å². The first-order valence-corrected chi connectivity index (χ1v) is 9.36. The minimum Gasteiger partial charge on any atom is -0.536 e. The lowest BCUT2D eigenvalue weighted by Crippen LogP contribution is -2.29. The van der Waals surface area contributed by atoms with Gasteiger partial charge in [-0.25, -0.2) is 0 Å². The fourth-order valence-corrected chi connectivity index (χ4v) is 4.20. The summed E-state index contributed by atoms with van der Waals surface area (Å²) < 4.78 is 12.4. The minimum absolute atomic E-state index is 0.363. The Kier molecular flexibility index (Phi) is 6.07. The van der Waals surface area contributed by atoms with Gasteiger partial charge in [0.15, 0.2) is 0 Å². The van der Waals surface area contributed by atoms with Crippen LogP contribution in [0, 0.1) is 0 Å². The van der Waals surface area contributed by atoms with Gasteiger partial charge in [-0.1, -0.05) is 81.7 Å². The maximum Gasteiger partial charge on any atom is 0.368 e. The van der Waals surface area contributed by atoms with Crippen LogP contribution in [-0.4, -0.2) is 6.92 Å². The molecule has 0 aromatic heterocycles. The molecular weight excluding hydrogens is 283 g/mol. The number of hydrogen-bond donors (Lipinski definition) is 0. The molecule has 23 heavy (non-hydrogen) atoms. The SMILES string of the molecule is C/C=C(\OCc1ccccc1)OB(C1CCCC1)C1CCCC1. The minimum atomic E-state index is 0.363. The highest BCUT2D eigenvalue weighted by Gasteiger charge is 2.40. The van der Waals surface area contributed by atoms with Crippen molar-refractivity contribution >= 4 is 6.92 Å². The van der Waals surface area contributed by atoms with Crippen LogP contribution in [0.2, 0.25) is 11.6 Å².